The second-order valence-electron chi connectivity index (χ2n) is 9.97. The summed E-state index contributed by atoms with van der Waals surface area (Å²) < 4.78 is 19.0. The molecule has 0 spiro atoms. The number of benzene rings is 2. The second kappa shape index (κ2) is 10.2. The fourth-order valence-electron chi connectivity index (χ4n) is 4.47. The Morgan fingerprint density at radius 1 is 1.00 bits per heavy atom. The third-order valence-electron chi connectivity index (χ3n) is 6.63. The van der Waals surface area contributed by atoms with Crippen LogP contribution in [-0.4, -0.2) is 24.9 Å². The predicted molar refractivity (Wildman–Crippen MR) is 139 cm³/mol. The summed E-state index contributed by atoms with van der Waals surface area (Å²) in [6, 6.07) is 12.1. The molecule has 6 nitrogen and oxygen atoms in total. The molecule has 1 aromatic heterocycles. The lowest BCUT2D eigenvalue weighted by molar-refractivity contribution is 0.0600. The Bertz CT molecular complexity index is 1310. The van der Waals surface area contributed by atoms with Crippen LogP contribution in [0.3, 0.4) is 0 Å². The minimum Gasteiger partial charge on any atom is -0.465 e. The minimum atomic E-state index is -0.624. The standard InChI is InChI=1S/C28H29FN2O4S/c1-28(2,3)17-11-14-20-22(15-17)36-26(31-24(32)19-7-5-6-8-21(19)29)23(20)25(33)30-18-12-9-16(10-13-18)27(34)35-4/h5-10,12-13,17H,11,14-15H2,1-4H3,(H,30,33)(H,31,32)/t17-/m0/s1. The van der Waals surface area contributed by atoms with E-state index in [1.165, 1.54) is 36.6 Å². The van der Waals surface area contributed by atoms with Crippen LogP contribution in [0.25, 0.3) is 0 Å². The summed E-state index contributed by atoms with van der Waals surface area (Å²) in [4.78, 5) is 39.2. The maximum atomic E-state index is 14.2. The molecule has 1 heterocycles. The maximum absolute atomic E-state index is 14.2. The fraction of sp³-hybridized carbons (Fsp3) is 0.321. The molecule has 0 unspecified atom stereocenters. The van der Waals surface area contributed by atoms with Crippen molar-refractivity contribution in [2.75, 3.05) is 17.7 Å². The van der Waals surface area contributed by atoms with Gasteiger partial charge in [-0.05, 0) is 72.6 Å². The van der Waals surface area contributed by atoms with Gasteiger partial charge in [0, 0.05) is 10.6 Å². The van der Waals surface area contributed by atoms with Crippen LogP contribution in [0.1, 0.15) is 68.7 Å². The van der Waals surface area contributed by atoms with E-state index in [1.807, 2.05) is 0 Å². The van der Waals surface area contributed by atoms with Crippen molar-refractivity contribution in [2.45, 2.75) is 40.0 Å². The average molecular weight is 509 g/mol. The van der Waals surface area contributed by atoms with E-state index in [0.29, 0.717) is 34.2 Å². The highest BCUT2D eigenvalue weighted by Crippen LogP contribution is 2.44. The fourth-order valence-corrected chi connectivity index (χ4v) is 5.79. The summed E-state index contributed by atoms with van der Waals surface area (Å²) >= 11 is 1.38. The zero-order valence-electron chi connectivity index (χ0n) is 20.7. The molecule has 0 aliphatic heterocycles. The van der Waals surface area contributed by atoms with Crippen molar-refractivity contribution in [3.8, 4) is 0 Å². The number of anilines is 2. The van der Waals surface area contributed by atoms with Gasteiger partial charge in [-0.2, -0.15) is 0 Å². The summed E-state index contributed by atoms with van der Waals surface area (Å²) in [5.41, 5.74) is 2.23. The van der Waals surface area contributed by atoms with E-state index in [2.05, 4.69) is 31.4 Å². The molecule has 2 aromatic carbocycles. The number of amides is 2. The first-order valence-electron chi connectivity index (χ1n) is 11.8. The summed E-state index contributed by atoms with van der Waals surface area (Å²) in [7, 11) is 1.30. The molecule has 0 radical (unpaired) electrons. The van der Waals surface area contributed by atoms with Gasteiger partial charge in [0.2, 0.25) is 0 Å². The molecule has 1 atom stereocenters. The normalized spacial score (nSPS) is 15.1. The van der Waals surface area contributed by atoms with Gasteiger partial charge in [-0.3, -0.25) is 9.59 Å². The number of methoxy groups -OCH3 is 1. The smallest absolute Gasteiger partial charge is 0.337 e. The zero-order valence-corrected chi connectivity index (χ0v) is 21.6. The molecule has 0 saturated carbocycles. The lowest BCUT2D eigenvalue weighted by Crippen LogP contribution is -2.27. The van der Waals surface area contributed by atoms with Crippen molar-refractivity contribution < 1.29 is 23.5 Å². The van der Waals surface area contributed by atoms with Crippen LogP contribution in [0.2, 0.25) is 0 Å². The number of halogens is 1. The van der Waals surface area contributed by atoms with Gasteiger partial charge in [0.25, 0.3) is 11.8 Å². The number of esters is 1. The second-order valence-corrected chi connectivity index (χ2v) is 11.1. The van der Waals surface area contributed by atoms with Gasteiger partial charge < -0.3 is 15.4 Å². The highest BCUT2D eigenvalue weighted by molar-refractivity contribution is 7.17. The summed E-state index contributed by atoms with van der Waals surface area (Å²) in [6.45, 7) is 6.63. The van der Waals surface area contributed by atoms with E-state index in [9.17, 15) is 18.8 Å². The third-order valence-corrected chi connectivity index (χ3v) is 7.80. The topological polar surface area (TPSA) is 84.5 Å². The van der Waals surface area contributed by atoms with Crippen molar-refractivity contribution in [1.29, 1.82) is 0 Å². The minimum absolute atomic E-state index is 0.0822. The Kier molecular flexibility index (Phi) is 7.26. The first-order valence-corrected chi connectivity index (χ1v) is 12.6. The zero-order chi connectivity index (χ0) is 26.0. The largest absolute Gasteiger partial charge is 0.465 e. The van der Waals surface area contributed by atoms with E-state index >= 15 is 0 Å². The van der Waals surface area contributed by atoms with Gasteiger partial charge in [-0.15, -0.1) is 11.3 Å². The Labute approximate surface area is 213 Å². The molecule has 2 amide bonds. The van der Waals surface area contributed by atoms with Gasteiger partial charge in [-0.1, -0.05) is 32.9 Å². The molecule has 0 bridgehead atoms. The molecule has 188 valence electrons. The van der Waals surface area contributed by atoms with E-state index < -0.39 is 17.7 Å². The monoisotopic (exact) mass is 508 g/mol. The average Bonchev–Trinajstić information content (AvgIpc) is 3.20. The SMILES string of the molecule is COC(=O)c1ccc(NC(=O)c2c(NC(=O)c3ccccc3F)sc3c2CC[C@H](C(C)(C)C)C3)cc1. The van der Waals surface area contributed by atoms with E-state index in [4.69, 9.17) is 4.74 Å². The highest BCUT2D eigenvalue weighted by Gasteiger charge is 2.34. The molecule has 4 rings (SSSR count). The van der Waals surface area contributed by atoms with Crippen LogP contribution in [0.5, 0.6) is 0 Å². The lowest BCUT2D eigenvalue weighted by Gasteiger charge is -2.33. The Morgan fingerprint density at radius 3 is 2.33 bits per heavy atom. The molecule has 1 aliphatic carbocycles. The summed E-state index contributed by atoms with van der Waals surface area (Å²) in [6.07, 6.45) is 2.46. The first-order chi connectivity index (χ1) is 17.1. The van der Waals surface area contributed by atoms with Crippen LogP contribution in [0.4, 0.5) is 15.1 Å². The van der Waals surface area contributed by atoms with Crippen molar-refractivity contribution >= 4 is 39.8 Å². The number of hydrogen-bond donors (Lipinski definition) is 2. The number of thiophene rings is 1. The number of carbonyl (C=O) groups is 3. The molecule has 1 aliphatic rings. The molecule has 3 aromatic rings. The Morgan fingerprint density at radius 2 is 1.69 bits per heavy atom. The lowest BCUT2D eigenvalue weighted by atomic mass is 9.72. The Balaban J connectivity index is 1.66. The Hall–Kier alpha value is -3.52. The van der Waals surface area contributed by atoms with Crippen LogP contribution in [-0.2, 0) is 17.6 Å². The van der Waals surface area contributed by atoms with E-state index in [0.717, 1.165) is 23.3 Å². The number of rotatable bonds is 5. The highest BCUT2D eigenvalue weighted by atomic mass is 32.1. The van der Waals surface area contributed by atoms with Gasteiger partial charge in [0.15, 0.2) is 0 Å². The van der Waals surface area contributed by atoms with Crippen molar-refractivity contribution in [3.05, 3.63) is 81.5 Å². The number of hydrogen-bond acceptors (Lipinski definition) is 5. The van der Waals surface area contributed by atoms with Crippen LogP contribution in [0.15, 0.2) is 48.5 Å². The molecular formula is C28H29FN2O4S. The number of fused-ring (bicyclic) bond motifs is 1. The molecule has 0 fully saturated rings. The summed E-state index contributed by atoms with van der Waals surface area (Å²) in [5, 5.41) is 6.08. The van der Waals surface area contributed by atoms with E-state index in [1.54, 1.807) is 30.3 Å². The number of nitrogens with one attached hydrogen (secondary N) is 2. The van der Waals surface area contributed by atoms with Crippen LogP contribution in [0, 0.1) is 17.2 Å². The molecular weight excluding hydrogens is 479 g/mol. The van der Waals surface area contributed by atoms with Crippen molar-refractivity contribution in [3.63, 3.8) is 0 Å². The maximum Gasteiger partial charge on any atom is 0.337 e. The van der Waals surface area contributed by atoms with Crippen LogP contribution < -0.4 is 10.6 Å². The summed E-state index contributed by atoms with van der Waals surface area (Å²) in [5.74, 6) is -1.61. The number of carbonyl (C=O) groups excluding carboxylic acids is 3. The van der Waals surface area contributed by atoms with Gasteiger partial charge in [0.1, 0.15) is 10.8 Å². The third kappa shape index (κ3) is 5.33. The van der Waals surface area contributed by atoms with E-state index in [-0.39, 0.29) is 16.9 Å². The van der Waals surface area contributed by atoms with Gasteiger partial charge >= 0.3 is 5.97 Å². The van der Waals surface area contributed by atoms with Crippen molar-refractivity contribution in [1.82, 2.24) is 0 Å². The number of ether oxygens (including phenoxy) is 1. The predicted octanol–water partition coefficient (Wildman–Crippen LogP) is 6.33. The van der Waals surface area contributed by atoms with Crippen LogP contribution >= 0.6 is 11.3 Å². The molecule has 36 heavy (non-hydrogen) atoms. The van der Waals surface area contributed by atoms with Gasteiger partial charge in [-0.25, -0.2) is 9.18 Å². The van der Waals surface area contributed by atoms with Gasteiger partial charge in [0.05, 0.1) is 23.8 Å². The first kappa shape index (κ1) is 25.6. The molecule has 8 heteroatoms. The molecule has 0 saturated heterocycles. The van der Waals surface area contributed by atoms with Crippen molar-refractivity contribution in [2.24, 2.45) is 11.3 Å². The molecule has 2 N–H and O–H groups in total. The quantitative estimate of drug-likeness (QED) is 0.395.